The van der Waals surface area contributed by atoms with Crippen LogP contribution in [0.4, 0.5) is 5.69 Å². The van der Waals surface area contributed by atoms with Gasteiger partial charge in [-0.05, 0) is 72.3 Å². The predicted molar refractivity (Wildman–Crippen MR) is 104 cm³/mol. The van der Waals surface area contributed by atoms with Gasteiger partial charge in [0.15, 0.2) is 0 Å². The van der Waals surface area contributed by atoms with Crippen molar-refractivity contribution in [1.29, 1.82) is 0 Å². The summed E-state index contributed by atoms with van der Waals surface area (Å²) in [5.41, 5.74) is 4.81. The molecule has 1 amide bonds. The maximum Gasteiger partial charge on any atom is 0.253 e. The summed E-state index contributed by atoms with van der Waals surface area (Å²) in [4.78, 5) is 14.1. The molecule has 2 aromatic carbocycles. The minimum Gasteiger partial charge on any atom is -0.378 e. The molecular weight excluding hydrogens is 320 g/mol. The maximum atomic E-state index is 12.5. The van der Waals surface area contributed by atoms with E-state index in [9.17, 15) is 4.79 Å². The number of nitrogens with one attached hydrogen (secondary N) is 1. The van der Waals surface area contributed by atoms with Crippen LogP contribution < -0.4 is 5.32 Å². The second-order valence-corrected chi connectivity index (χ2v) is 8.47. The molecule has 5 atom stereocenters. The molecule has 0 radical (unpaired) electrons. The van der Waals surface area contributed by atoms with Crippen molar-refractivity contribution in [1.82, 2.24) is 4.90 Å². The van der Waals surface area contributed by atoms with Crippen molar-refractivity contribution in [3.8, 4) is 0 Å². The Labute approximate surface area is 155 Å². The number of carbonyl (C=O) groups excluding carboxylic acids is 1. The molecule has 1 N–H and O–H groups in total. The zero-order valence-electron chi connectivity index (χ0n) is 15.5. The van der Waals surface area contributed by atoms with E-state index in [1.54, 1.807) is 4.90 Å². The molecule has 2 aliphatic carbocycles. The Morgan fingerprint density at radius 1 is 1.04 bits per heavy atom. The lowest BCUT2D eigenvalue weighted by Gasteiger charge is -2.43. The molecule has 2 aromatic rings. The highest BCUT2D eigenvalue weighted by Gasteiger charge is 2.53. The van der Waals surface area contributed by atoms with E-state index < -0.39 is 0 Å². The first-order valence-corrected chi connectivity index (χ1v) is 9.80. The number of hydrogen-bond acceptors (Lipinski definition) is 2. The molecular formula is C23H26N2O. The van der Waals surface area contributed by atoms with Crippen LogP contribution in [0.2, 0.25) is 0 Å². The SMILES string of the molecule is CN(C)C(=O)c1ccc2c(c1)[C@@H]1[C@@H]3CC[C@H](C3)[C@@H]1[C@H](c1ccccc1)N2. The van der Waals surface area contributed by atoms with Crippen molar-refractivity contribution >= 4 is 11.6 Å². The van der Waals surface area contributed by atoms with Gasteiger partial charge in [0, 0.05) is 25.3 Å². The van der Waals surface area contributed by atoms with Gasteiger partial charge in [-0.3, -0.25) is 4.79 Å². The number of amides is 1. The van der Waals surface area contributed by atoms with Crippen molar-refractivity contribution in [2.45, 2.75) is 31.2 Å². The van der Waals surface area contributed by atoms with Gasteiger partial charge in [0.1, 0.15) is 0 Å². The predicted octanol–water partition coefficient (Wildman–Crippen LogP) is 4.68. The Morgan fingerprint density at radius 3 is 2.58 bits per heavy atom. The molecule has 2 saturated carbocycles. The smallest absolute Gasteiger partial charge is 0.253 e. The van der Waals surface area contributed by atoms with Crippen LogP contribution in [0.5, 0.6) is 0 Å². The van der Waals surface area contributed by atoms with Crippen LogP contribution >= 0.6 is 0 Å². The number of nitrogens with zero attached hydrogens (tertiary/aromatic N) is 1. The Hall–Kier alpha value is -2.29. The number of anilines is 1. The summed E-state index contributed by atoms with van der Waals surface area (Å²) in [6, 6.07) is 17.6. The van der Waals surface area contributed by atoms with Gasteiger partial charge in [0.25, 0.3) is 5.91 Å². The molecule has 26 heavy (non-hydrogen) atoms. The lowest BCUT2D eigenvalue weighted by Crippen LogP contribution is -2.35. The second-order valence-electron chi connectivity index (χ2n) is 8.47. The fourth-order valence-electron chi connectivity index (χ4n) is 5.87. The van der Waals surface area contributed by atoms with E-state index in [-0.39, 0.29) is 5.91 Å². The third-order valence-corrected chi connectivity index (χ3v) is 6.90. The van der Waals surface area contributed by atoms with E-state index in [2.05, 4.69) is 47.8 Å². The quantitative estimate of drug-likeness (QED) is 0.856. The van der Waals surface area contributed by atoms with Crippen molar-refractivity contribution in [2.24, 2.45) is 17.8 Å². The van der Waals surface area contributed by atoms with E-state index in [0.29, 0.717) is 17.9 Å². The number of carbonyl (C=O) groups is 1. The van der Waals surface area contributed by atoms with Crippen molar-refractivity contribution in [3.05, 3.63) is 65.2 Å². The first-order valence-electron chi connectivity index (χ1n) is 9.80. The van der Waals surface area contributed by atoms with Crippen LogP contribution in [0.1, 0.15) is 52.7 Å². The number of benzene rings is 2. The van der Waals surface area contributed by atoms with Crippen molar-refractivity contribution in [3.63, 3.8) is 0 Å². The summed E-state index contributed by atoms with van der Waals surface area (Å²) in [6.45, 7) is 0. The molecule has 3 aliphatic rings. The molecule has 2 bridgehead atoms. The summed E-state index contributed by atoms with van der Waals surface area (Å²) in [5.74, 6) is 2.92. The largest absolute Gasteiger partial charge is 0.378 e. The van der Waals surface area contributed by atoms with Gasteiger partial charge in [-0.25, -0.2) is 0 Å². The molecule has 134 valence electrons. The molecule has 0 spiro atoms. The van der Waals surface area contributed by atoms with Gasteiger partial charge in [-0.2, -0.15) is 0 Å². The molecule has 0 saturated heterocycles. The minimum absolute atomic E-state index is 0.0951. The highest BCUT2D eigenvalue weighted by atomic mass is 16.2. The lowest BCUT2D eigenvalue weighted by molar-refractivity contribution is 0.0827. The monoisotopic (exact) mass is 346 g/mol. The molecule has 1 aliphatic heterocycles. The summed E-state index contributed by atoms with van der Waals surface area (Å²) in [7, 11) is 3.65. The zero-order valence-corrected chi connectivity index (χ0v) is 15.5. The number of hydrogen-bond donors (Lipinski definition) is 1. The second kappa shape index (κ2) is 5.87. The normalized spacial score (nSPS) is 31.1. The Balaban J connectivity index is 1.60. The summed E-state index contributed by atoms with van der Waals surface area (Å²) < 4.78 is 0. The lowest BCUT2D eigenvalue weighted by atomic mass is 9.68. The topological polar surface area (TPSA) is 32.3 Å². The minimum atomic E-state index is 0.0951. The van der Waals surface area contributed by atoms with Gasteiger partial charge >= 0.3 is 0 Å². The average molecular weight is 346 g/mol. The Kier molecular flexibility index (Phi) is 3.59. The Bertz CT molecular complexity index is 845. The first-order chi connectivity index (χ1) is 12.6. The van der Waals surface area contributed by atoms with Gasteiger partial charge in [-0.15, -0.1) is 0 Å². The Morgan fingerprint density at radius 2 is 1.81 bits per heavy atom. The van der Waals surface area contributed by atoms with E-state index >= 15 is 0 Å². The molecule has 0 aromatic heterocycles. The van der Waals surface area contributed by atoms with Gasteiger partial charge in [0.2, 0.25) is 0 Å². The highest BCUT2D eigenvalue weighted by molar-refractivity contribution is 5.94. The molecule has 3 nitrogen and oxygen atoms in total. The average Bonchev–Trinajstić information content (AvgIpc) is 3.29. The third-order valence-electron chi connectivity index (χ3n) is 6.90. The standard InChI is InChI=1S/C23H26N2O/c1-25(2)23(26)17-10-11-19-18(13-17)20-15-8-9-16(12-15)21(20)22(24-19)14-6-4-3-5-7-14/h3-7,10-11,13,15-16,20-22,24H,8-9,12H2,1-2H3/t15-,16-,20+,21+,22+/m1/s1. The molecule has 1 heterocycles. The maximum absolute atomic E-state index is 12.5. The van der Waals surface area contributed by atoms with Crippen LogP contribution in [0.15, 0.2) is 48.5 Å². The fraction of sp³-hybridized carbons (Fsp3) is 0.435. The molecule has 3 heteroatoms. The summed E-state index contributed by atoms with van der Waals surface area (Å²) in [5, 5.41) is 3.84. The van der Waals surface area contributed by atoms with Crippen molar-refractivity contribution in [2.75, 3.05) is 19.4 Å². The molecule has 0 unspecified atom stereocenters. The molecule has 5 rings (SSSR count). The molecule has 2 fully saturated rings. The van der Waals surface area contributed by atoms with E-state index in [0.717, 1.165) is 17.4 Å². The van der Waals surface area contributed by atoms with Gasteiger partial charge < -0.3 is 10.2 Å². The van der Waals surface area contributed by atoms with Crippen LogP contribution in [-0.4, -0.2) is 24.9 Å². The third kappa shape index (κ3) is 2.29. The summed E-state index contributed by atoms with van der Waals surface area (Å²) >= 11 is 0. The van der Waals surface area contributed by atoms with E-state index in [4.69, 9.17) is 0 Å². The van der Waals surface area contributed by atoms with Crippen LogP contribution in [0, 0.1) is 17.8 Å². The van der Waals surface area contributed by atoms with Crippen molar-refractivity contribution < 1.29 is 4.79 Å². The zero-order chi connectivity index (χ0) is 17.8. The van der Waals surface area contributed by atoms with E-state index in [1.165, 1.54) is 36.1 Å². The first kappa shape index (κ1) is 15.9. The van der Waals surface area contributed by atoms with Crippen LogP contribution in [0.25, 0.3) is 0 Å². The summed E-state index contributed by atoms with van der Waals surface area (Å²) in [6.07, 6.45) is 4.06. The van der Waals surface area contributed by atoms with Gasteiger partial charge in [0.05, 0.1) is 6.04 Å². The van der Waals surface area contributed by atoms with Crippen LogP contribution in [0.3, 0.4) is 0 Å². The number of rotatable bonds is 2. The van der Waals surface area contributed by atoms with Crippen LogP contribution in [-0.2, 0) is 0 Å². The fourth-order valence-corrected chi connectivity index (χ4v) is 5.87. The van der Waals surface area contributed by atoms with Gasteiger partial charge in [-0.1, -0.05) is 30.3 Å². The van der Waals surface area contributed by atoms with E-state index in [1.807, 2.05) is 20.2 Å². The highest BCUT2D eigenvalue weighted by Crippen LogP contribution is 2.63. The number of fused-ring (bicyclic) bond motifs is 7.